The van der Waals surface area contributed by atoms with E-state index >= 15 is 0 Å². The van der Waals surface area contributed by atoms with Crippen LogP contribution in [0.25, 0.3) is 11.0 Å². The van der Waals surface area contributed by atoms with Gasteiger partial charge in [-0.25, -0.2) is 4.98 Å². The zero-order valence-corrected chi connectivity index (χ0v) is 18.1. The van der Waals surface area contributed by atoms with E-state index in [1.807, 2.05) is 4.57 Å². The van der Waals surface area contributed by atoms with Crippen LogP contribution < -0.4 is 4.74 Å². The third-order valence-electron chi connectivity index (χ3n) is 5.51. The number of hydrogen-bond donors (Lipinski definition) is 0. The fraction of sp³-hybridized carbons (Fsp3) is 0.526. The van der Waals surface area contributed by atoms with Crippen molar-refractivity contribution in [1.82, 2.24) is 24.3 Å². The first-order valence-corrected chi connectivity index (χ1v) is 10.7. The van der Waals surface area contributed by atoms with E-state index in [-0.39, 0.29) is 29.5 Å². The van der Waals surface area contributed by atoms with Gasteiger partial charge in [-0.05, 0) is 37.8 Å². The normalized spacial score (nSPS) is 15.0. The maximum absolute atomic E-state index is 11.6. The van der Waals surface area contributed by atoms with Gasteiger partial charge in [-0.1, -0.05) is 30.9 Å². The fourth-order valence-electron chi connectivity index (χ4n) is 4.05. The fourth-order valence-corrected chi connectivity index (χ4v) is 4.43. The molecule has 0 saturated heterocycles. The summed E-state index contributed by atoms with van der Waals surface area (Å²) in [5.74, 6) is 0.0869. The molecule has 160 valence electrons. The van der Waals surface area contributed by atoms with Crippen LogP contribution in [-0.4, -0.2) is 35.8 Å². The van der Waals surface area contributed by atoms with Crippen LogP contribution in [0.2, 0.25) is 10.3 Å². The van der Waals surface area contributed by atoms with E-state index in [9.17, 15) is 10.1 Å². The minimum Gasteiger partial charge on any atom is -0.472 e. The van der Waals surface area contributed by atoms with Gasteiger partial charge in [0.2, 0.25) is 5.28 Å². The van der Waals surface area contributed by atoms with E-state index in [2.05, 4.69) is 15.1 Å². The average molecular weight is 453 g/mol. The average Bonchev–Trinajstić information content (AvgIpc) is 3.22. The van der Waals surface area contributed by atoms with E-state index < -0.39 is 4.92 Å². The minimum atomic E-state index is -0.408. The number of fused-ring (bicyclic) bond motifs is 1. The Morgan fingerprint density at radius 1 is 1.30 bits per heavy atom. The molecule has 0 aromatic carbocycles. The van der Waals surface area contributed by atoms with Crippen LogP contribution in [0.5, 0.6) is 5.88 Å². The van der Waals surface area contributed by atoms with Crippen molar-refractivity contribution >= 4 is 39.9 Å². The van der Waals surface area contributed by atoms with Crippen LogP contribution >= 0.6 is 23.2 Å². The standard InChI is InChI=1S/C19H22Cl2N6O3/c1-12-16(27(28)29)18(24-26(12)13-6-3-2-4-7-13)30-9-5-8-25-11-15(20)14-10-22-19(21)23-17(14)25/h10-11,13H,2-9H2,1H3. The predicted octanol–water partition coefficient (Wildman–Crippen LogP) is 5.13. The number of nitro groups is 1. The molecule has 4 rings (SSSR count). The highest BCUT2D eigenvalue weighted by Gasteiger charge is 2.30. The molecule has 0 bridgehead atoms. The van der Waals surface area contributed by atoms with Crippen LogP contribution in [0, 0.1) is 17.0 Å². The Hall–Kier alpha value is -2.39. The Labute approximate surface area is 183 Å². The summed E-state index contributed by atoms with van der Waals surface area (Å²) in [6, 6.07) is 0.201. The smallest absolute Gasteiger partial charge is 0.352 e. The Balaban J connectivity index is 1.45. The van der Waals surface area contributed by atoms with Crippen molar-refractivity contribution in [1.29, 1.82) is 0 Å². The van der Waals surface area contributed by atoms with Gasteiger partial charge in [0, 0.05) is 18.9 Å². The van der Waals surface area contributed by atoms with Gasteiger partial charge in [-0.3, -0.25) is 14.8 Å². The highest BCUT2D eigenvalue weighted by Crippen LogP contribution is 2.36. The number of aromatic nitrogens is 5. The van der Waals surface area contributed by atoms with E-state index in [1.54, 1.807) is 24.0 Å². The molecule has 9 nitrogen and oxygen atoms in total. The number of ether oxygens (including phenoxy) is 1. The molecule has 0 amide bonds. The molecule has 0 atom stereocenters. The summed E-state index contributed by atoms with van der Waals surface area (Å²) in [5.41, 5.74) is 1.15. The zero-order valence-electron chi connectivity index (χ0n) is 16.6. The molecule has 0 unspecified atom stereocenters. The Morgan fingerprint density at radius 2 is 2.07 bits per heavy atom. The molecule has 1 saturated carbocycles. The summed E-state index contributed by atoms with van der Waals surface area (Å²) in [4.78, 5) is 19.4. The lowest BCUT2D eigenvalue weighted by Crippen LogP contribution is -2.15. The van der Waals surface area contributed by atoms with Crippen LogP contribution in [0.4, 0.5) is 5.69 Å². The third kappa shape index (κ3) is 4.09. The zero-order chi connectivity index (χ0) is 21.3. The lowest BCUT2D eigenvalue weighted by Gasteiger charge is -2.22. The van der Waals surface area contributed by atoms with E-state index in [0.717, 1.165) is 31.1 Å². The molecule has 3 aromatic rings. The van der Waals surface area contributed by atoms with Crippen LogP contribution in [-0.2, 0) is 6.54 Å². The molecular weight excluding hydrogens is 431 g/mol. The summed E-state index contributed by atoms with van der Waals surface area (Å²) >= 11 is 12.1. The number of hydrogen-bond acceptors (Lipinski definition) is 6. The topological polar surface area (TPSA) is 101 Å². The largest absolute Gasteiger partial charge is 0.472 e. The first kappa shape index (κ1) is 20.9. The van der Waals surface area contributed by atoms with Crippen LogP contribution in [0.15, 0.2) is 12.4 Å². The van der Waals surface area contributed by atoms with Crippen LogP contribution in [0.3, 0.4) is 0 Å². The number of rotatable bonds is 7. The van der Waals surface area contributed by atoms with Gasteiger partial charge in [0.05, 0.1) is 28.0 Å². The van der Waals surface area contributed by atoms with Crippen molar-refractivity contribution < 1.29 is 9.66 Å². The van der Waals surface area contributed by atoms with Gasteiger partial charge >= 0.3 is 11.6 Å². The third-order valence-corrected chi connectivity index (χ3v) is 5.99. The van der Waals surface area contributed by atoms with Crippen molar-refractivity contribution in [3.05, 3.63) is 38.5 Å². The second-order valence-corrected chi connectivity index (χ2v) is 8.23. The van der Waals surface area contributed by atoms with Crippen molar-refractivity contribution in [2.75, 3.05) is 6.61 Å². The van der Waals surface area contributed by atoms with Crippen LogP contribution in [0.1, 0.15) is 50.3 Å². The van der Waals surface area contributed by atoms with Crippen molar-refractivity contribution in [3.8, 4) is 5.88 Å². The molecule has 1 aliphatic carbocycles. The molecule has 11 heteroatoms. The SMILES string of the molecule is Cc1c([N+](=O)[O-])c(OCCCn2cc(Cl)c3cnc(Cl)nc32)nn1C1CCCCC1. The number of halogens is 2. The van der Waals surface area contributed by atoms with Gasteiger partial charge in [0.25, 0.3) is 0 Å². The van der Waals surface area contributed by atoms with E-state index in [4.69, 9.17) is 27.9 Å². The van der Waals surface area contributed by atoms with Crippen molar-refractivity contribution in [3.63, 3.8) is 0 Å². The summed E-state index contributed by atoms with van der Waals surface area (Å²) in [7, 11) is 0. The maximum atomic E-state index is 11.6. The Morgan fingerprint density at radius 3 is 2.80 bits per heavy atom. The Kier molecular flexibility index (Phi) is 6.10. The summed E-state index contributed by atoms with van der Waals surface area (Å²) in [6.07, 6.45) is 9.37. The lowest BCUT2D eigenvalue weighted by molar-refractivity contribution is -0.386. The Bertz CT molecular complexity index is 1070. The molecular formula is C19H22Cl2N6O3. The molecule has 0 spiro atoms. The highest BCUT2D eigenvalue weighted by molar-refractivity contribution is 6.35. The second-order valence-electron chi connectivity index (χ2n) is 7.48. The van der Waals surface area contributed by atoms with Crippen molar-refractivity contribution in [2.45, 2.75) is 58.0 Å². The molecule has 3 aromatic heterocycles. The quantitative estimate of drug-likeness (QED) is 0.213. The van der Waals surface area contributed by atoms with Gasteiger partial charge in [0.15, 0.2) is 0 Å². The van der Waals surface area contributed by atoms with Gasteiger partial charge in [0.1, 0.15) is 11.3 Å². The second kappa shape index (κ2) is 8.77. The molecule has 0 radical (unpaired) electrons. The van der Waals surface area contributed by atoms with Gasteiger partial charge in [-0.15, -0.1) is 5.10 Å². The summed E-state index contributed by atoms with van der Waals surface area (Å²) in [6.45, 7) is 2.58. The van der Waals surface area contributed by atoms with Gasteiger partial charge in [-0.2, -0.15) is 4.98 Å². The molecule has 1 aliphatic rings. The number of nitrogens with zero attached hydrogens (tertiary/aromatic N) is 6. The van der Waals surface area contributed by atoms with Gasteiger partial charge < -0.3 is 9.30 Å². The monoisotopic (exact) mass is 452 g/mol. The van der Waals surface area contributed by atoms with E-state index in [1.165, 1.54) is 6.42 Å². The summed E-state index contributed by atoms with van der Waals surface area (Å²) < 4.78 is 9.39. The lowest BCUT2D eigenvalue weighted by atomic mass is 9.95. The first-order chi connectivity index (χ1) is 14.5. The van der Waals surface area contributed by atoms with E-state index in [0.29, 0.717) is 29.3 Å². The molecule has 30 heavy (non-hydrogen) atoms. The first-order valence-electron chi connectivity index (χ1n) is 9.99. The molecule has 0 N–H and O–H groups in total. The molecule has 0 aliphatic heterocycles. The predicted molar refractivity (Wildman–Crippen MR) is 113 cm³/mol. The minimum absolute atomic E-state index is 0.0467. The van der Waals surface area contributed by atoms with Crippen molar-refractivity contribution in [2.24, 2.45) is 0 Å². The molecule has 3 heterocycles. The maximum Gasteiger partial charge on any atom is 0.352 e. The highest BCUT2D eigenvalue weighted by atomic mass is 35.5. The summed E-state index contributed by atoms with van der Waals surface area (Å²) in [5, 5.41) is 17.5. The molecule has 1 fully saturated rings. The number of aryl methyl sites for hydroxylation is 1.